The number of hydrogen-bond acceptors (Lipinski definition) is 4. The van der Waals surface area contributed by atoms with Gasteiger partial charge >= 0.3 is 5.97 Å². The third-order valence-electron chi connectivity index (χ3n) is 2.74. The number of nitrogen functional groups attached to an aromatic ring is 1. The molecule has 1 heterocycles. The number of nitrogens with one attached hydrogen (secondary N) is 1. The molecule has 0 bridgehead atoms. The average molecular weight is 260 g/mol. The Hall–Kier alpha value is -2.50. The first-order valence-electron chi connectivity index (χ1n) is 5.91. The van der Waals surface area contributed by atoms with E-state index in [1.54, 1.807) is 24.7 Å². The number of imidazole rings is 1. The Balaban J connectivity index is 2.03. The lowest BCUT2D eigenvalue weighted by atomic mass is 10.1. The molecule has 1 aromatic heterocycles. The molecule has 0 aliphatic heterocycles. The summed E-state index contributed by atoms with van der Waals surface area (Å²) in [5, 5.41) is 12.2. The maximum absolute atomic E-state index is 10.9. The summed E-state index contributed by atoms with van der Waals surface area (Å²) in [7, 11) is 0. The minimum absolute atomic E-state index is 0.118. The topological polar surface area (TPSA) is 93.2 Å². The van der Waals surface area contributed by atoms with Gasteiger partial charge in [0.15, 0.2) is 0 Å². The van der Waals surface area contributed by atoms with Gasteiger partial charge in [0, 0.05) is 36.4 Å². The van der Waals surface area contributed by atoms with Crippen LogP contribution in [0, 0.1) is 0 Å². The molecule has 1 atom stereocenters. The highest BCUT2D eigenvalue weighted by Gasteiger charge is 2.09. The Morgan fingerprint density at radius 2 is 2.37 bits per heavy atom. The van der Waals surface area contributed by atoms with E-state index in [1.165, 1.54) is 6.07 Å². The van der Waals surface area contributed by atoms with Crippen molar-refractivity contribution in [2.45, 2.75) is 19.5 Å². The molecular formula is C13H16N4O2. The largest absolute Gasteiger partial charge is 0.478 e. The van der Waals surface area contributed by atoms with E-state index in [1.807, 2.05) is 17.7 Å². The fourth-order valence-corrected chi connectivity index (χ4v) is 1.89. The quantitative estimate of drug-likeness (QED) is 0.711. The number of nitrogens with two attached hydrogens (primary N) is 1. The number of rotatable bonds is 5. The van der Waals surface area contributed by atoms with Crippen LogP contribution in [0.3, 0.4) is 0 Å². The fraction of sp³-hybridized carbons (Fsp3) is 0.231. The molecule has 4 N–H and O–H groups in total. The normalized spacial score (nSPS) is 12.1. The van der Waals surface area contributed by atoms with Gasteiger partial charge in [-0.2, -0.15) is 0 Å². The highest BCUT2D eigenvalue weighted by atomic mass is 16.4. The molecule has 0 saturated heterocycles. The number of benzene rings is 1. The Kier molecular flexibility index (Phi) is 3.70. The highest BCUT2D eigenvalue weighted by Crippen LogP contribution is 2.18. The van der Waals surface area contributed by atoms with Crippen LogP contribution in [-0.4, -0.2) is 26.7 Å². The number of anilines is 2. The number of aromatic nitrogens is 2. The number of carboxylic acid groups (broad SMARTS) is 1. The molecule has 2 rings (SSSR count). The standard InChI is InChI=1S/C13H16N4O2/c1-9(7-17-5-4-15-8-17)16-10-2-3-11(13(18)19)12(14)6-10/h2-6,8-9,16H,7,14H2,1H3,(H,18,19). The van der Waals surface area contributed by atoms with Gasteiger partial charge in [0.05, 0.1) is 11.9 Å². The van der Waals surface area contributed by atoms with Crippen LogP contribution < -0.4 is 11.1 Å². The maximum atomic E-state index is 10.9. The second kappa shape index (κ2) is 5.43. The van der Waals surface area contributed by atoms with E-state index in [0.717, 1.165) is 12.2 Å². The van der Waals surface area contributed by atoms with Crippen molar-refractivity contribution in [1.82, 2.24) is 9.55 Å². The summed E-state index contributed by atoms with van der Waals surface area (Å²) in [4.78, 5) is 14.8. The van der Waals surface area contributed by atoms with E-state index in [0.29, 0.717) is 0 Å². The third kappa shape index (κ3) is 3.25. The summed E-state index contributed by atoms with van der Waals surface area (Å²) in [6.45, 7) is 2.79. The monoisotopic (exact) mass is 260 g/mol. The van der Waals surface area contributed by atoms with Gasteiger partial charge in [-0.15, -0.1) is 0 Å². The van der Waals surface area contributed by atoms with Gasteiger partial charge in [-0.25, -0.2) is 9.78 Å². The Bertz CT molecular complexity index is 566. The van der Waals surface area contributed by atoms with Crippen molar-refractivity contribution in [3.05, 3.63) is 42.5 Å². The summed E-state index contributed by atoms with van der Waals surface area (Å²) in [6.07, 6.45) is 5.37. The van der Waals surface area contributed by atoms with E-state index >= 15 is 0 Å². The van der Waals surface area contributed by atoms with Crippen LogP contribution in [0.4, 0.5) is 11.4 Å². The summed E-state index contributed by atoms with van der Waals surface area (Å²) in [5.74, 6) is -1.02. The van der Waals surface area contributed by atoms with Gasteiger partial charge < -0.3 is 20.7 Å². The highest BCUT2D eigenvalue weighted by molar-refractivity contribution is 5.94. The third-order valence-corrected chi connectivity index (χ3v) is 2.74. The molecular weight excluding hydrogens is 244 g/mol. The summed E-state index contributed by atoms with van der Waals surface area (Å²) in [6, 6.07) is 5.02. The van der Waals surface area contributed by atoms with Crippen LogP contribution in [-0.2, 0) is 6.54 Å². The van der Waals surface area contributed by atoms with E-state index in [-0.39, 0.29) is 17.3 Å². The van der Waals surface area contributed by atoms with Gasteiger partial charge in [-0.1, -0.05) is 0 Å². The van der Waals surface area contributed by atoms with Crippen LogP contribution in [0.25, 0.3) is 0 Å². The average Bonchev–Trinajstić information content (AvgIpc) is 2.81. The van der Waals surface area contributed by atoms with Crippen molar-refractivity contribution < 1.29 is 9.90 Å². The van der Waals surface area contributed by atoms with E-state index in [2.05, 4.69) is 10.3 Å². The van der Waals surface area contributed by atoms with Gasteiger partial charge in [0.1, 0.15) is 0 Å². The van der Waals surface area contributed by atoms with Crippen molar-refractivity contribution in [3.63, 3.8) is 0 Å². The maximum Gasteiger partial charge on any atom is 0.337 e. The first kappa shape index (κ1) is 12.9. The number of carbonyl (C=O) groups is 1. The lowest BCUT2D eigenvalue weighted by Gasteiger charge is -2.16. The molecule has 6 nitrogen and oxygen atoms in total. The van der Waals surface area contributed by atoms with Crippen LogP contribution in [0.5, 0.6) is 0 Å². The molecule has 6 heteroatoms. The van der Waals surface area contributed by atoms with Crippen LogP contribution in [0.15, 0.2) is 36.9 Å². The Morgan fingerprint density at radius 1 is 1.58 bits per heavy atom. The number of aromatic carboxylic acids is 1. The predicted molar refractivity (Wildman–Crippen MR) is 73.1 cm³/mol. The van der Waals surface area contributed by atoms with E-state index in [4.69, 9.17) is 10.8 Å². The minimum atomic E-state index is -1.02. The van der Waals surface area contributed by atoms with Crippen molar-refractivity contribution in [2.24, 2.45) is 0 Å². The van der Waals surface area contributed by atoms with E-state index in [9.17, 15) is 4.79 Å². The number of nitrogens with zero attached hydrogens (tertiary/aromatic N) is 2. The van der Waals surface area contributed by atoms with Crippen molar-refractivity contribution >= 4 is 17.3 Å². The van der Waals surface area contributed by atoms with Gasteiger partial charge in [-0.05, 0) is 25.1 Å². The molecule has 2 aromatic rings. The molecule has 100 valence electrons. The first-order valence-corrected chi connectivity index (χ1v) is 5.91. The van der Waals surface area contributed by atoms with Crippen molar-refractivity contribution in [3.8, 4) is 0 Å². The molecule has 0 fully saturated rings. The Morgan fingerprint density at radius 3 is 2.95 bits per heavy atom. The molecule has 19 heavy (non-hydrogen) atoms. The van der Waals surface area contributed by atoms with Crippen LogP contribution >= 0.6 is 0 Å². The molecule has 1 aromatic carbocycles. The van der Waals surface area contributed by atoms with Gasteiger partial charge in [0.2, 0.25) is 0 Å². The predicted octanol–water partition coefficient (Wildman–Crippen LogP) is 1.66. The molecule has 0 amide bonds. The molecule has 0 saturated carbocycles. The first-order chi connectivity index (χ1) is 9.06. The SMILES string of the molecule is CC(Cn1ccnc1)Nc1ccc(C(=O)O)c(N)c1. The molecule has 0 aliphatic carbocycles. The number of carboxylic acids is 1. The zero-order valence-corrected chi connectivity index (χ0v) is 10.6. The Labute approximate surface area is 110 Å². The van der Waals surface area contributed by atoms with Gasteiger partial charge in [-0.3, -0.25) is 0 Å². The van der Waals surface area contributed by atoms with E-state index < -0.39 is 5.97 Å². The van der Waals surface area contributed by atoms with Crippen molar-refractivity contribution in [2.75, 3.05) is 11.1 Å². The lowest BCUT2D eigenvalue weighted by Crippen LogP contribution is -2.21. The molecule has 0 aliphatic rings. The second-order valence-electron chi connectivity index (χ2n) is 4.41. The minimum Gasteiger partial charge on any atom is -0.478 e. The number of hydrogen-bond donors (Lipinski definition) is 3. The van der Waals surface area contributed by atoms with Crippen LogP contribution in [0.2, 0.25) is 0 Å². The fourth-order valence-electron chi connectivity index (χ4n) is 1.89. The lowest BCUT2D eigenvalue weighted by molar-refractivity contribution is 0.0698. The van der Waals surface area contributed by atoms with Crippen LogP contribution in [0.1, 0.15) is 17.3 Å². The molecule has 0 spiro atoms. The summed E-state index contributed by atoms with van der Waals surface area (Å²) in [5.41, 5.74) is 6.87. The van der Waals surface area contributed by atoms with Crippen molar-refractivity contribution in [1.29, 1.82) is 0 Å². The van der Waals surface area contributed by atoms with Gasteiger partial charge in [0.25, 0.3) is 0 Å². The molecule has 0 radical (unpaired) electrons. The summed E-state index contributed by atoms with van der Waals surface area (Å²) >= 11 is 0. The smallest absolute Gasteiger partial charge is 0.337 e. The second-order valence-corrected chi connectivity index (χ2v) is 4.41. The zero-order valence-electron chi connectivity index (χ0n) is 10.6. The molecule has 1 unspecified atom stereocenters. The summed E-state index contributed by atoms with van der Waals surface area (Å²) < 4.78 is 1.96. The zero-order chi connectivity index (χ0) is 13.8.